The Morgan fingerprint density at radius 3 is 2.54 bits per heavy atom. The van der Waals surface area contributed by atoms with E-state index in [-0.39, 0.29) is 17.8 Å². The fourth-order valence-electron chi connectivity index (χ4n) is 3.11. The molecule has 1 atom stereocenters. The van der Waals surface area contributed by atoms with E-state index >= 15 is 0 Å². The summed E-state index contributed by atoms with van der Waals surface area (Å²) < 4.78 is 0. The highest BCUT2D eigenvalue weighted by Crippen LogP contribution is 2.32. The molecule has 1 aliphatic heterocycles. The maximum absolute atomic E-state index is 12.5. The highest BCUT2D eigenvalue weighted by atomic mass is 16.6. The van der Waals surface area contributed by atoms with Crippen LogP contribution in [-0.4, -0.2) is 53.5 Å². The molecule has 26 heavy (non-hydrogen) atoms. The number of carboxylic acids is 1. The van der Waals surface area contributed by atoms with Crippen molar-refractivity contribution < 1.29 is 19.6 Å². The molecule has 1 aromatic carbocycles. The van der Waals surface area contributed by atoms with Crippen molar-refractivity contribution in [2.24, 2.45) is 11.8 Å². The van der Waals surface area contributed by atoms with Crippen LogP contribution in [0.3, 0.4) is 0 Å². The summed E-state index contributed by atoms with van der Waals surface area (Å²) in [4.78, 5) is 37.8. The lowest BCUT2D eigenvalue weighted by Crippen LogP contribution is -2.34. The van der Waals surface area contributed by atoms with Gasteiger partial charge in [-0.05, 0) is 30.9 Å². The summed E-state index contributed by atoms with van der Waals surface area (Å²) in [6, 6.07) is 4.48. The summed E-state index contributed by atoms with van der Waals surface area (Å²) in [5, 5.41) is 20.5. The van der Waals surface area contributed by atoms with Gasteiger partial charge in [-0.2, -0.15) is 0 Å². The van der Waals surface area contributed by atoms with Crippen molar-refractivity contribution in [2.45, 2.75) is 26.7 Å². The van der Waals surface area contributed by atoms with Gasteiger partial charge in [-0.3, -0.25) is 19.7 Å². The number of carbonyl (C=O) groups is 2. The molecule has 2 rings (SSSR count). The molecule has 1 N–H and O–H groups in total. The molecule has 0 spiro atoms. The highest BCUT2D eigenvalue weighted by Gasteiger charge is 2.26. The molecule has 1 unspecified atom stereocenters. The summed E-state index contributed by atoms with van der Waals surface area (Å²) >= 11 is 0. The summed E-state index contributed by atoms with van der Waals surface area (Å²) in [5.41, 5.74) is 0.621. The first-order valence-electron chi connectivity index (χ1n) is 8.72. The topological polar surface area (TPSA) is 104 Å². The van der Waals surface area contributed by atoms with E-state index in [1.165, 1.54) is 24.9 Å². The quantitative estimate of drug-likeness (QED) is 0.615. The largest absolute Gasteiger partial charge is 0.481 e. The minimum atomic E-state index is -0.995. The van der Waals surface area contributed by atoms with Crippen LogP contribution in [0, 0.1) is 22.0 Å². The van der Waals surface area contributed by atoms with Crippen molar-refractivity contribution in [3.8, 4) is 0 Å². The Bertz CT molecular complexity index is 698. The Balaban J connectivity index is 2.23. The van der Waals surface area contributed by atoms with Crippen LogP contribution in [0.2, 0.25) is 0 Å². The second-order valence-corrected chi connectivity index (χ2v) is 7.06. The zero-order chi connectivity index (χ0) is 19.4. The predicted molar refractivity (Wildman–Crippen MR) is 97.5 cm³/mol. The number of anilines is 1. The van der Waals surface area contributed by atoms with E-state index in [0.29, 0.717) is 11.6 Å². The van der Waals surface area contributed by atoms with Crippen molar-refractivity contribution in [1.82, 2.24) is 4.90 Å². The lowest BCUT2D eigenvalue weighted by molar-refractivity contribution is -0.384. The number of carbonyl (C=O) groups excluding carboxylic acids is 1. The number of nitro groups is 1. The van der Waals surface area contributed by atoms with E-state index in [9.17, 15) is 19.7 Å². The third-order valence-corrected chi connectivity index (χ3v) is 4.86. The molecule has 0 aliphatic carbocycles. The number of nitrogens with zero attached hydrogens (tertiary/aromatic N) is 3. The van der Waals surface area contributed by atoms with Crippen molar-refractivity contribution in [1.29, 1.82) is 0 Å². The van der Waals surface area contributed by atoms with Crippen LogP contribution in [0.25, 0.3) is 0 Å². The number of nitro benzene ring substituents is 1. The molecule has 0 radical (unpaired) electrons. The van der Waals surface area contributed by atoms with Gasteiger partial charge in [0.1, 0.15) is 5.69 Å². The number of carboxylic acid groups (broad SMARTS) is 1. The van der Waals surface area contributed by atoms with E-state index in [2.05, 4.69) is 6.92 Å². The number of aliphatic carboxylic acids is 1. The first-order chi connectivity index (χ1) is 12.2. The molecule has 1 aliphatic rings. The van der Waals surface area contributed by atoms with Crippen LogP contribution in [-0.2, 0) is 4.79 Å². The number of rotatable bonds is 6. The van der Waals surface area contributed by atoms with Gasteiger partial charge in [0.2, 0.25) is 0 Å². The second-order valence-electron chi connectivity index (χ2n) is 7.06. The molecule has 1 aromatic rings. The SMILES string of the molecule is CC1CCN(c2ccc(C(=O)N(C)CC(C)C(=O)O)cc2[N+](=O)[O-])CC1. The summed E-state index contributed by atoms with van der Waals surface area (Å²) in [6.45, 7) is 5.22. The zero-order valence-corrected chi connectivity index (χ0v) is 15.3. The lowest BCUT2D eigenvalue weighted by atomic mass is 9.98. The van der Waals surface area contributed by atoms with Crippen LogP contribution in [0.1, 0.15) is 37.0 Å². The minimum Gasteiger partial charge on any atom is -0.481 e. The molecule has 0 saturated carbocycles. The smallest absolute Gasteiger partial charge is 0.308 e. The van der Waals surface area contributed by atoms with Crippen LogP contribution in [0.4, 0.5) is 11.4 Å². The molecule has 1 saturated heterocycles. The molecule has 0 aromatic heterocycles. The standard InChI is InChI=1S/C18H25N3O5/c1-12-6-8-20(9-7-12)15-5-4-14(10-16(15)21(25)26)17(22)19(3)11-13(2)18(23)24/h4-5,10,12-13H,6-9,11H2,1-3H3,(H,23,24). The van der Waals surface area contributed by atoms with Crippen molar-refractivity contribution in [2.75, 3.05) is 31.6 Å². The predicted octanol–water partition coefficient (Wildman–Crippen LogP) is 2.62. The number of benzene rings is 1. The number of hydrogen-bond donors (Lipinski definition) is 1. The lowest BCUT2D eigenvalue weighted by Gasteiger charge is -2.31. The Kier molecular flexibility index (Phi) is 6.18. The number of hydrogen-bond acceptors (Lipinski definition) is 5. The molecule has 8 nitrogen and oxygen atoms in total. The molecular formula is C18H25N3O5. The van der Waals surface area contributed by atoms with Crippen LogP contribution in [0.15, 0.2) is 18.2 Å². The van der Waals surface area contributed by atoms with E-state index in [1.54, 1.807) is 12.1 Å². The summed E-state index contributed by atoms with van der Waals surface area (Å²) in [5.74, 6) is -1.53. The first-order valence-corrected chi connectivity index (χ1v) is 8.72. The first kappa shape index (κ1) is 19.7. The number of amides is 1. The Labute approximate surface area is 152 Å². The third kappa shape index (κ3) is 4.50. The average molecular weight is 363 g/mol. The van der Waals surface area contributed by atoms with Crippen molar-refractivity contribution >= 4 is 23.3 Å². The average Bonchev–Trinajstić information content (AvgIpc) is 2.61. The Morgan fingerprint density at radius 1 is 1.38 bits per heavy atom. The third-order valence-electron chi connectivity index (χ3n) is 4.86. The molecule has 8 heteroatoms. The molecule has 1 fully saturated rings. The molecule has 1 heterocycles. The molecule has 1 amide bonds. The molecular weight excluding hydrogens is 338 g/mol. The van der Waals surface area contributed by atoms with Crippen LogP contribution >= 0.6 is 0 Å². The van der Waals surface area contributed by atoms with E-state index < -0.39 is 22.7 Å². The van der Waals surface area contributed by atoms with Gasteiger partial charge in [-0.1, -0.05) is 13.8 Å². The monoisotopic (exact) mass is 363 g/mol. The second kappa shape index (κ2) is 8.16. The van der Waals surface area contributed by atoms with Gasteiger partial charge in [-0.15, -0.1) is 0 Å². The Morgan fingerprint density at radius 2 is 2.00 bits per heavy atom. The minimum absolute atomic E-state index is 0.0354. The maximum Gasteiger partial charge on any atom is 0.308 e. The van der Waals surface area contributed by atoms with Gasteiger partial charge in [-0.25, -0.2) is 0 Å². The summed E-state index contributed by atoms with van der Waals surface area (Å²) in [6.07, 6.45) is 1.96. The van der Waals surface area contributed by atoms with Crippen LogP contribution in [0.5, 0.6) is 0 Å². The van der Waals surface area contributed by atoms with Gasteiger partial charge >= 0.3 is 5.97 Å². The molecule has 0 bridgehead atoms. The van der Waals surface area contributed by atoms with Gasteiger partial charge in [0.25, 0.3) is 11.6 Å². The normalized spacial score (nSPS) is 16.2. The van der Waals surface area contributed by atoms with Gasteiger partial charge in [0.15, 0.2) is 0 Å². The van der Waals surface area contributed by atoms with E-state index in [4.69, 9.17) is 5.11 Å². The van der Waals surface area contributed by atoms with Crippen molar-refractivity contribution in [3.05, 3.63) is 33.9 Å². The van der Waals surface area contributed by atoms with Gasteiger partial charge in [0, 0.05) is 38.3 Å². The van der Waals surface area contributed by atoms with Gasteiger partial charge in [0.05, 0.1) is 10.8 Å². The van der Waals surface area contributed by atoms with Crippen molar-refractivity contribution in [3.63, 3.8) is 0 Å². The van der Waals surface area contributed by atoms with E-state index in [1.807, 2.05) is 4.90 Å². The highest BCUT2D eigenvalue weighted by molar-refractivity contribution is 5.96. The van der Waals surface area contributed by atoms with Gasteiger partial charge < -0.3 is 14.9 Å². The summed E-state index contributed by atoms with van der Waals surface area (Å²) in [7, 11) is 1.49. The van der Waals surface area contributed by atoms with E-state index in [0.717, 1.165) is 25.9 Å². The van der Waals surface area contributed by atoms with Crippen LogP contribution < -0.4 is 4.90 Å². The Hall–Kier alpha value is -2.64. The zero-order valence-electron chi connectivity index (χ0n) is 15.3. The molecule has 142 valence electrons. The maximum atomic E-state index is 12.5. The fourth-order valence-corrected chi connectivity index (χ4v) is 3.11. The number of piperidine rings is 1. The fraction of sp³-hybridized carbons (Fsp3) is 0.556.